The topological polar surface area (TPSA) is 102 Å². The third-order valence-electron chi connectivity index (χ3n) is 3.78. The van der Waals surface area contributed by atoms with Gasteiger partial charge in [-0.1, -0.05) is 23.7 Å². The number of halogens is 4. The summed E-state index contributed by atoms with van der Waals surface area (Å²) < 4.78 is 39.1. The standard InChI is InChI=1S/C18H14ClF3N6O2/c1-10(29)23-15-7-6-11(8-13(15)19)17-25-27-28(26-17)9-16(30)24-14-5-3-2-4-12(14)18(20,21)22/h2-8H,9H2,1H3,(H,23,29)(H,24,30). The van der Waals surface area contributed by atoms with Crippen molar-refractivity contribution in [2.45, 2.75) is 19.6 Å². The molecule has 0 radical (unpaired) electrons. The summed E-state index contributed by atoms with van der Waals surface area (Å²) in [5, 5.41) is 16.6. The van der Waals surface area contributed by atoms with Crippen molar-refractivity contribution in [2.24, 2.45) is 0 Å². The molecule has 8 nitrogen and oxygen atoms in total. The van der Waals surface area contributed by atoms with E-state index >= 15 is 0 Å². The van der Waals surface area contributed by atoms with Crippen LogP contribution in [-0.4, -0.2) is 32.0 Å². The Labute approximate surface area is 173 Å². The van der Waals surface area contributed by atoms with E-state index in [4.69, 9.17) is 11.6 Å². The van der Waals surface area contributed by atoms with Gasteiger partial charge in [0.15, 0.2) is 0 Å². The zero-order valence-corrected chi connectivity index (χ0v) is 16.1. The number of carbonyl (C=O) groups is 2. The van der Waals surface area contributed by atoms with E-state index in [-0.39, 0.29) is 22.4 Å². The van der Waals surface area contributed by atoms with Crippen LogP contribution in [-0.2, 0) is 22.3 Å². The highest BCUT2D eigenvalue weighted by Crippen LogP contribution is 2.34. The number of hydrogen-bond acceptors (Lipinski definition) is 5. The van der Waals surface area contributed by atoms with Crippen molar-refractivity contribution in [2.75, 3.05) is 10.6 Å². The molecule has 0 unspecified atom stereocenters. The molecule has 0 spiro atoms. The smallest absolute Gasteiger partial charge is 0.325 e. The predicted octanol–water partition coefficient (Wildman–Crippen LogP) is 3.61. The van der Waals surface area contributed by atoms with Crippen molar-refractivity contribution in [1.29, 1.82) is 0 Å². The van der Waals surface area contributed by atoms with Gasteiger partial charge in [-0.15, -0.1) is 10.2 Å². The number of alkyl halides is 3. The van der Waals surface area contributed by atoms with Gasteiger partial charge in [-0.05, 0) is 35.5 Å². The molecule has 0 fully saturated rings. The summed E-state index contributed by atoms with van der Waals surface area (Å²) in [6.45, 7) is 0.895. The molecule has 0 aliphatic heterocycles. The molecule has 3 aromatic rings. The SMILES string of the molecule is CC(=O)Nc1ccc(-c2nnn(CC(=O)Nc3ccccc3C(F)(F)F)n2)cc1Cl. The zero-order chi connectivity index (χ0) is 21.9. The van der Waals surface area contributed by atoms with Crippen LogP contribution in [0.2, 0.25) is 5.02 Å². The van der Waals surface area contributed by atoms with E-state index < -0.39 is 24.2 Å². The van der Waals surface area contributed by atoms with Crippen LogP contribution in [0.15, 0.2) is 42.5 Å². The van der Waals surface area contributed by atoms with Gasteiger partial charge in [-0.3, -0.25) is 9.59 Å². The molecule has 0 saturated carbocycles. The molecule has 12 heteroatoms. The summed E-state index contributed by atoms with van der Waals surface area (Å²) in [6, 6.07) is 9.29. The maximum atomic E-state index is 13.0. The van der Waals surface area contributed by atoms with E-state index in [0.717, 1.165) is 16.9 Å². The van der Waals surface area contributed by atoms with E-state index in [1.165, 1.54) is 25.1 Å². The van der Waals surface area contributed by atoms with Gasteiger partial charge >= 0.3 is 6.18 Å². The quantitative estimate of drug-likeness (QED) is 0.633. The second-order valence-electron chi connectivity index (χ2n) is 6.11. The summed E-state index contributed by atoms with van der Waals surface area (Å²) in [5.41, 5.74) is -0.443. The lowest BCUT2D eigenvalue weighted by Crippen LogP contribution is -2.22. The number of anilines is 2. The lowest BCUT2D eigenvalue weighted by molar-refractivity contribution is -0.137. The summed E-state index contributed by atoms with van der Waals surface area (Å²) in [5.74, 6) is -0.892. The number of tetrazole rings is 1. The maximum absolute atomic E-state index is 13.0. The number of aromatic nitrogens is 4. The number of para-hydroxylation sites is 1. The summed E-state index contributed by atoms with van der Waals surface area (Å²) >= 11 is 6.10. The minimum Gasteiger partial charge on any atom is -0.325 e. The number of benzene rings is 2. The monoisotopic (exact) mass is 438 g/mol. The highest BCUT2D eigenvalue weighted by molar-refractivity contribution is 6.34. The van der Waals surface area contributed by atoms with Crippen LogP contribution < -0.4 is 10.6 Å². The molecule has 156 valence electrons. The number of amides is 2. The Kier molecular flexibility index (Phi) is 6.01. The molecule has 30 heavy (non-hydrogen) atoms. The van der Waals surface area contributed by atoms with Crippen molar-refractivity contribution in [3.8, 4) is 11.4 Å². The molecular weight excluding hydrogens is 425 g/mol. The van der Waals surface area contributed by atoms with Crippen LogP contribution in [0.5, 0.6) is 0 Å². The van der Waals surface area contributed by atoms with E-state index in [2.05, 4.69) is 26.0 Å². The van der Waals surface area contributed by atoms with Crippen LogP contribution in [0.4, 0.5) is 24.5 Å². The van der Waals surface area contributed by atoms with Gasteiger partial charge in [0, 0.05) is 12.5 Å². The minimum absolute atomic E-state index is 0.148. The van der Waals surface area contributed by atoms with Crippen LogP contribution in [0.1, 0.15) is 12.5 Å². The minimum atomic E-state index is -4.61. The van der Waals surface area contributed by atoms with Crippen molar-refractivity contribution >= 4 is 34.8 Å². The average Bonchev–Trinajstić information content (AvgIpc) is 3.11. The zero-order valence-electron chi connectivity index (χ0n) is 15.4. The Morgan fingerprint density at radius 1 is 1.10 bits per heavy atom. The Balaban J connectivity index is 1.71. The van der Waals surface area contributed by atoms with Crippen molar-refractivity contribution < 1.29 is 22.8 Å². The predicted molar refractivity (Wildman–Crippen MR) is 103 cm³/mol. The molecule has 2 amide bonds. The molecule has 2 aromatic carbocycles. The van der Waals surface area contributed by atoms with Crippen LogP contribution in [0, 0.1) is 0 Å². The second-order valence-corrected chi connectivity index (χ2v) is 6.52. The number of rotatable bonds is 5. The van der Waals surface area contributed by atoms with Gasteiger partial charge in [0.1, 0.15) is 6.54 Å². The third-order valence-corrected chi connectivity index (χ3v) is 4.10. The fourth-order valence-electron chi connectivity index (χ4n) is 2.53. The molecule has 1 aromatic heterocycles. The van der Waals surface area contributed by atoms with Gasteiger partial charge in [0.05, 0.1) is 22.0 Å². The van der Waals surface area contributed by atoms with Gasteiger partial charge in [0.25, 0.3) is 0 Å². The number of hydrogen-bond donors (Lipinski definition) is 2. The molecule has 2 N–H and O–H groups in total. The lowest BCUT2D eigenvalue weighted by atomic mass is 10.1. The number of nitrogens with zero attached hydrogens (tertiary/aromatic N) is 4. The third kappa shape index (κ3) is 5.11. The number of carbonyl (C=O) groups excluding carboxylic acids is 2. The molecule has 0 bridgehead atoms. The molecule has 0 aliphatic carbocycles. The van der Waals surface area contributed by atoms with Gasteiger partial charge < -0.3 is 10.6 Å². The van der Waals surface area contributed by atoms with E-state index in [9.17, 15) is 22.8 Å². The Morgan fingerprint density at radius 3 is 2.50 bits per heavy atom. The van der Waals surface area contributed by atoms with Crippen molar-refractivity contribution in [3.05, 3.63) is 53.1 Å². The van der Waals surface area contributed by atoms with Crippen molar-refractivity contribution in [3.63, 3.8) is 0 Å². The summed E-state index contributed by atoms with van der Waals surface area (Å²) in [7, 11) is 0. The highest BCUT2D eigenvalue weighted by atomic mass is 35.5. The van der Waals surface area contributed by atoms with Crippen LogP contribution >= 0.6 is 11.6 Å². The largest absolute Gasteiger partial charge is 0.418 e. The van der Waals surface area contributed by atoms with E-state index in [1.54, 1.807) is 12.1 Å². The fraction of sp³-hybridized carbons (Fsp3) is 0.167. The van der Waals surface area contributed by atoms with Gasteiger partial charge in [0.2, 0.25) is 17.6 Å². The Hall–Kier alpha value is -3.47. The summed E-state index contributed by atoms with van der Waals surface area (Å²) in [6.07, 6.45) is -4.61. The maximum Gasteiger partial charge on any atom is 0.418 e. The first kappa shape index (κ1) is 21.2. The molecule has 0 atom stereocenters. The Bertz CT molecular complexity index is 1100. The number of nitrogens with one attached hydrogen (secondary N) is 2. The molecule has 0 saturated heterocycles. The second kappa shape index (κ2) is 8.49. The first-order chi connectivity index (χ1) is 14.1. The fourth-order valence-corrected chi connectivity index (χ4v) is 2.76. The molecule has 3 rings (SSSR count). The van der Waals surface area contributed by atoms with E-state index in [1.807, 2.05) is 0 Å². The molecular formula is C18H14ClF3N6O2. The van der Waals surface area contributed by atoms with Crippen molar-refractivity contribution in [1.82, 2.24) is 20.2 Å². The first-order valence-electron chi connectivity index (χ1n) is 8.45. The molecule has 0 aliphatic rings. The molecule has 1 heterocycles. The van der Waals surface area contributed by atoms with E-state index in [0.29, 0.717) is 11.3 Å². The highest BCUT2D eigenvalue weighted by Gasteiger charge is 2.33. The lowest BCUT2D eigenvalue weighted by Gasteiger charge is -2.13. The van der Waals surface area contributed by atoms with Gasteiger partial charge in [-0.2, -0.15) is 18.0 Å². The first-order valence-corrected chi connectivity index (χ1v) is 8.82. The normalized spacial score (nSPS) is 11.2. The average molecular weight is 439 g/mol. The summed E-state index contributed by atoms with van der Waals surface area (Å²) in [4.78, 5) is 24.2. The van der Waals surface area contributed by atoms with Crippen LogP contribution in [0.3, 0.4) is 0 Å². The Morgan fingerprint density at radius 2 is 1.83 bits per heavy atom. The van der Waals surface area contributed by atoms with Gasteiger partial charge in [-0.25, -0.2) is 0 Å². The van der Waals surface area contributed by atoms with Crippen LogP contribution in [0.25, 0.3) is 11.4 Å².